The molecule has 0 atom stereocenters. The molecule has 6 aromatic rings. The summed E-state index contributed by atoms with van der Waals surface area (Å²) in [5, 5.41) is 9.39. The molecular weight excluding hydrogens is 557 g/mol. The molecule has 1 fully saturated rings. The maximum atomic E-state index is 14.7. The van der Waals surface area contributed by atoms with Gasteiger partial charge in [0.2, 0.25) is 0 Å². The number of rotatable bonds is 9. The highest BCUT2D eigenvalue weighted by Crippen LogP contribution is 2.36. The van der Waals surface area contributed by atoms with E-state index in [1.807, 2.05) is 49.6 Å². The fourth-order valence-electron chi connectivity index (χ4n) is 5.84. The minimum atomic E-state index is -0.365. The number of benzene rings is 1. The number of hydrogen-bond donors (Lipinski definition) is 2. The van der Waals surface area contributed by atoms with Crippen molar-refractivity contribution in [2.45, 2.75) is 38.2 Å². The number of pyridine rings is 3. The summed E-state index contributed by atoms with van der Waals surface area (Å²) in [5.74, 6) is 0.896. The number of aromatic amines is 2. The zero-order valence-electron chi connectivity index (χ0n) is 24.8. The zero-order chi connectivity index (χ0) is 30.0. The summed E-state index contributed by atoms with van der Waals surface area (Å²) in [7, 11) is 3.94. The van der Waals surface area contributed by atoms with Gasteiger partial charge in [-0.2, -0.15) is 5.10 Å². The van der Waals surface area contributed by atoms with Crippen molar-refractivity contribution in [1.29, 1.82) is 0 Å². The van der Waals surface area contributed by atoms with E-state index >= 15 is 0 Å². The lowest BCUT2D eigenvalue weighted by atomic mass is 9.98. The maximum absolute atomic E-state index is 14.7. The average Bonchev–Trinajstić information content (AvgIpc) is 3.65. The Morgan fingerprint density at radius 2 is 1.66 bits per heavy atom. The van der Waals surface area contributed by atoms with Crippen LogP contribution in [0, 0.1) is 5.82 Å². The van der Waals surface area contributed by atoms with E-state index in [2.05, 4.69) is 36.2 Å². The Morgan fingerprint density at radius 1 is 0.841 bits per heavy atom. The molecule has 9 nitrogen and oxygen atoms in total. The number of hydrogen-bond acceptors (Lipinski definition) is 7. The van der Waals surface area contributed by atoms with Gasteiger partial charge in [0.15, 0.2) is 5.65 Å². The maximum Gasteiger partial charge on any atom is 0.181 e. The van der Waals surface area contributed by atoms with Crippen LogP contribution in [0.4, 0.5) is 4.39 Å². The van der Waals surface area contributed by atoms with E-state index in [9.17, 15) is 4.39 Å². The fourth-order valence-corrected chi connectivity index (χ4v) is 5.84. The van der Waals surface area contributed by atoms with Gasteiger partial charge < -0.3 is 19.4 Å². The smallest absolute Gasteiger partial charge is 0.181 e. The van der Waals surface area contributed by atoms with E-state index in [1.54, 1.807) is 18.6 Å². The van der Waals surface area contributed by atoms with Crippen molar-refractivity contribution >= 4 is 21.9 Å². The lowest BCUT2D eigenvalue weighted by Crippen LogP contribution is -2.19. The Balaban J connectivity index is 1.21. The number of nitrogens with one attached hydrogen (secondary N) is 2. The minimum absolute atomic E-state index is 0.248. The Kier molecular flexibility index (Phi) is 7.66. The molecule has 1 saturated carbocycles. The van der Waals surface area contributed by atoms with Crippen molar-refractivity contribution in [1.82, 2.24) is 35.0 Å². The van der Waals surface area contributed by atoms with Crippen LogP contribution in [-0.4, -0.2) is 68.4 Å². The number of aromatic nitrogens is 6. The SMILES string of the molecule is CN(C)CCOc1cc(F)cc(-c2cncc3[nH]c(-c4[nH]nc5ncc(-c6cncc(OC7CCCCC7)c6)cc45)cc23)c1. The Hall–Kier alpha value is -4.83. The van der Waals surface area contributed by atoms with Crippen molar-refractivity contribution in [2.24, 2.45) is 0 Å². The molecule has 5 aromatic heterocycles. The van der Waals surface area contributed by atoms with Crippen molar-refractivity contribution < 1.29 is 13.9 Å². The van der Waals surface area contributed by atoms with Gasteiger partial charge in [0.25, 0.3) is 0 Å². The summed E-state index contributed by atoms with van der Waals surface area (Å²) in [6.45, 7) is 1.19. The molecule has 0 amide bonds. The summed E-state index contributed by atoms with van der Waals surface area (Å²) in [6, 6.07) is 10.9. The van der Waals surface area contributed by atoms with Crippen LogP contribution in [0.2, 0.25) is 0 Å². The predicted octanol–water partition coefficient (Wildman–Crippen LogP) is 7.02. The van der Waals surface area contributed by atoms with Crippen molar-refractivity contribution in [3.63, 3.8) is 0 Å². The van der Waals surface area contributed by atoms with E-state index in [-0.39, 0.29) is 11.9 Å². The second-order valence-corrected chi connectivity index (χ2v) is 11.6. The summed E-state index contributed by atoms with van der Waals surface area (Å²) in [6.07, 6.45) is 15.1. The monoisotopic (exact) mass is 591 g/mol. The van der Waals surface area contributed by atoms with E-state index in [4.69, 9.17) is 9.47 Å². The molecule has 0 aliphatic heterocycles. The first-order valence-electron chi connectivity index (χ1n) is 15.0. The topological polar surface area (TPSA) is 105 Å². The number of H-pyrrole nitrogens is 2. The van der Waals surface area contributed by atoms with Gasteiger partial charge in [-0.25, -0.2) is 9.37 Å². The molecule has 5 heterocycles. The Bertz CT molecular complexity index is 1930. The highest BCUT2D eigenvalue weighted by atomic mass is 19.1. The third-order valence-corrected chi connectivity index (χ3v) is 8.12. The lowest BCUT2D eigenvalue weighted by Gasteiger charge is -2.23. The van der Waals surface area contributed by atoms with Crippen LogP contribution in [0.15, 0.2) is 67.4 Å². The molecule has 44 heavy (non-hydrogen) atoms. The van der Waals surface area contributed by atoms with Gasteiger partial charge in [-0.1, -0.05) is 6.42 Å². The molecular formula is C34H34FN7O2. The second kappa shape index (κ2) is 12.0. The van der Waals surface area contributed by atoms with Crippen LogP contribution in [0.25, 0.3) is 55.6 Å². The van der Waals surface area contributed by atoms with Crippen molar-refractivity contribution in [3.05, 3.63) is 73.2 Å². The molecule has 0 bridgehead atoms. The van der Waals surface area contributed by atoms with Gasteiger partial charge in [-0.15, -0.1) is 0 Å². The number of ether oxygens (including phenoxy) is 2. The van der Waals surface area contributed by atoms with Gasteiger partial charge in [0.05, 0.1) is 35.4 Å². The van der Waals surface area contributed by atoms with E-state index in [1.165, 1.54) is 31.4 Å². The van der Waals surface area contributed by atoms with Gasteiger partial charge in [-0.3, -0.25) is 15.1 Å². The van der Waals surface area contributed by atoms with Gasteiger partial charge >= 0.3 is 0 Å². The van der Waals surface area contributed by atoms with E-state index < -0.39 is 0 Å². The molecule has 7 rings (SSSR count). The number of halogens is 1. The summed E-state index contributed by atoms with van der Waals surface area (Å²) < 4.78 is 26.8. The number of nitrogens with zero attached hydrogens (tertiary/aromatic N) is 5. The molecule has 0 spiro atoms. The van der Waals surface area contributed by atoms with Crippen LogP contribution in [-0.2, 0) is 0 Å². The average molecular weight is 592 g/mol. The standard InChI is InChI=1S/C34H34FN7O2/c1-42(2)8-9-43-26-11-21(10-24(35)14-26)30-19-37-20-32-28(30)15-31(39-32)33-29-13-23(17-38-34(29)41-40-33)22-12-27(18-36-16-22)44-25-6-4-3-5-7-25/h10-20,25,39H,3-9H2,1-2H3,(H,38,40,41). The quantitative estimate of drug-likeness (QED) is 0.186. The highest BCUT2D eigenvalue weighted by Gasteiger charge is 2.18. The van der Waals surface area contributed by atoms with Crippen LogP contribution < -0.4 is 9.47 Å². The first kappa shape index (κ1) is 28.0. The molecule has 0 radical (unpaired) electrons. The van der Waals surface area contributed by atoms with Gasteiger partial charge in [0.1, 0.15) is 23.9 Å². The molecule has 1 aliphatic carbocycles. The molecule has 1 aromatic carbocycles. The lowest BCUT2D eigenvalue weighted by molar-refractivity contribution is 0.154. The van der Waals surface area contributed by atoms with E-state index in [0.29, 0.717) is 23.6 Å². The normalized spacial score (nSPS) is 14.1. The van der Waals surface area contributed by atoms with Crippen LogP contribution in [0.3, 0.4) is 0 Å². The van der Waals surface area contributed by atoms with Crippen LogP contribution >= 0.6 is 0 Å². The molecule has 0 saturated heterocycles. The molecule has 2 N–H and O–H groups in total. The second-order valence-electron chi connectivity index (χ2n) is 11.6. The summed E-state index contributed by atoms with van der Waals surface area (Å²) in [4.78, 5) is 19.0. The minimum Gasteiger partial charge on any atom is -0.492 e. The third kappa shape index (κ3) is 5.85. The Morgan fingerprint density at radius 3 is 2.52 bits per heavy atom. The van der Waals surface area contributed by atoms with Crippen molar-refractivity contribution in [3.8, 4) is 45.1 Å². The molecule has 1 aliphatic rings. The zero-order valence-corrected chi connectivity index (χ0v) is 24.8. The first-order valence-corrected chi connectivity index (χ1v) is 15.0. The predicted molar refractivity (Wildman–Crippen MR) is 169 cm³/mol. The Labute approximate surface area is 254 Å². The first-order chi connectivity index (χ1) is 21.5. The van der Waals surface area contributed by atoms with Gasteiger partial charge in [0, 0.05) is 58.7 Å². The third-order valence-electron chi connectivity index (χ3n) is 8.12. The van der Waals surface area contributed by atoms with Crippen molar-refractivity contribution in [2.75, 3.05) is 27.2 Å². The number of fused-ring (bicyclic) bond motifs is 2. The van der Waals surface area contributed by atoms with Crippen LogP contribution in [0.1, 0.15) is 32.1 Å². The molecule has 10 heteroatoms. The summed E-state index contributed by atoms with van der Waals surface area (Å²) in [5.41, 5.74) is 6.38. The molecule has 224 valence electrons. The fraction of sp³-hybridized carbons (Fsp3) is 0.294. The number of likely N-dealkylation sites (N-methyl/N-ethyl adjacent to an activating group) is 1. The largest absolute Gasteiger partial charge is 0.492 e. The molecule has 0 unspecified atom stereocenters. The van der Waals surface area contributed by atoms with Gasteiger partial charge in [-0.05, 0) is 75.7 Å². The van der Waals surface area contributed by atoms with Crippen LogP contribution in [0.5, 0.6) is 11.5 Å². The van der Waals surface area contributed by atoms with E-state index in [0.717, 1.165) is 69.5 Å². The highest BCUT2D eigenvalue weighted by molar-refractivity contribution is 6.00. The summed E-state index contributed by atoms with van der Waals surface area (Å²) >= 11 is 0.